The number of aliphatic hydroxyl groups excluding tert-OH is 2. The second-order valence-corrected chi connectivity index (χ2v) is 11.7. The van der Waals surface area contributed by atoms with Gasteiger partial charge in [-0.15, -0.1) is 17.5 Å². The molecule has 9 nitrogen and oxygen atoms in total. The summed E-state index contributed by atoms with van der Waals surface area (Å²) >= 11 is 1.66. The molecule has 0 aliphatic rings. The maximum atomic E-state index is 13.2. The number of rotatable bonds is 6. The van der Waals surface area contributed by atoms with Crippen molar-refractivity contribution in [2.24, 2.45) is 0 Å². The Labute approximate surface area is 367 Å². The van der Waals surface area contributed by atoms with Crippen LogP contribution in [0.5, 0.6) is 0 Å². The molecule has 2 atom stereocenters. The van der Waals surface area contributed by atoms with Gasteiger partial charge >= 0.3 is 5.97 Å². The van der Waals surface area contributed by atoms with Crippen LogP contribution in [0.25, 0.3) is 33.2 Å². The van der Waals surface area contributed by atoms with Crippen molar-refractivity contribution >= 4 is 17.3 Å². The second kappa shape index (κ2) is 30.0. The largest absolute Gasteiger partial charge is 0.477 e. The van der Waals surface area contributed by atoms with E-state index in [1.54, 1.807) is 80.3 Å². The summed E-state index contributed by atoms with van der Waals surface area (Å²) in [5.74, 6) is -2.28. The first kappa shape index (κ1) is 51.8. The van der Waals surface area contributed by atoms with E-state index in [2.05, 4.69) is 37.1 Å². The number of carboxylic acids is 1. The molecule has 0 saturated carbocycles. The van der Waals surface area contributed by atoms with E-state index in [1.165, 1.54) is 12.3 Å². The first-order valence-electron chi connectivity index (χ1n) is 16.1. The SMILES string of the molecule is CC(O)CC(C)O.Fc1c[c-]c(-c2ccccn2)c(F)c1.O=C(O)c1ccccn1.[Rh].[Rh].[Rh].[c-]1ccsc1-c1ccccn1.c1ccc(-c2ccccn2)nc1. The van der Waals surface area contributed by atoms with Gasteiger partial charge in [0.2, 0.25) is 0 Å². The van der Waals surface area contributed by atoms with Crippen molar-refractivity contribution in [2.75, 3.05) is 0 Å². The monoisotopic (exact) mass is 1040 g/mol. The molecule has 0 fully saturated rings. The summed E-state index contributed by atoms with van der Waals surface area (Å²) in [6, 6.07) is 36.8. The Hall–Kier alpha value is -4.21. The quantitative estimate of drug-likeness (QED) is 0.111. The molecule has 56 heavy (non-hydrogen) atoms. The molecule has 0 aliphatic carbocycles. The van der Waals surface area contributed by atoms with E-state index >= 15 is 0 Å². The van der Waals surface area contributed by atoms with Gasteiger partial charge in [-0.25, -0.2) is 21.1 Å². The number of aromatic carboxylic acids is 1. The van der Waals surface area contributed by atoms with Gasteiger partial charge in [0.25, 0.3) is 0 Å². The Morgan fingerprint density at radius 2 is 1.11 bits per heavy atom. The molecule has 7 rings (SSSR count). The molecule has 15 heteroatoms. The minimum atomic E-state index is -0.990. The molecule has 2 unspecified atom stereocenters. The number of aromatic nitrogens is 5. The maximum Gasteiger partial charge on any atom is 0.354 e. The van der Waals surface area contributed by atoms with Crippen molar-refractivity contribution < 1.29 is 87.3 Å². The molecule has 0 bridgehead atoms. The normalized spacial score (nSPS) is 10.3. The molecule has 1 aromatic carbocycles. The summed E-state index contributed by atoms with van der Waals surface area (Å²) < 4.78 is 25.8. The number of halogens is 2. The Morgan fingerprint density at radius 3 is 1.43 bits per heavy atom. The predicted molar refractivity (Wildman–Crippen MR) is 201 cm³/mol. The summed E-state index contributed by atoms with van der Waals surface area (Å²) in [7, 11) is 0. The molecule has 6 heterocycles. The molecule has 0 amide bonds. The number of carbonyl (C=O) groups is 1. The van der Waals surface area contributed by atoms with Crippen LogP contribution in [0, 0.1) is 23.8 Å². The van der Waals surface area contributed by atoms with Gasteiger partial charge < -0.3 is 25.3 Å². The van der Waals surface area contributed by atoms with Gasteiger partial charge in [-0.05, 0) is 80.2 Å². The fourth-order valence-corrected chi connectivity index (χ4v) is 4.69. The van der Waals surface area contributed by atoms with E-state index in [4.69, 9.17) is 15.3 Å². The number of pyridine rings is 5. The third-order valence-corrected chi connectivity index (χ3v) is 7.14. The third kappa shape index (κ3) is 20.6. The fourth-order valence-electron chi connectivity index (χ4n) is 4.04. The molecular formula is C41H37F2N5O4Rh3S-2. The van der Waals surface area contributed by atoms with Gasteiger partial charge in [0.1, 0.15) is 5.69 Å². The van der Waals surface area contributed by atoms with Crippen LogP contribution in [-0.2, 0) is 58.4 Å². The van der Waals surface area contributed by atoms with Gasteiger partial charge in [0.05, 0.1) is 23.6 Å². The molecule has 0 saturated heterocycles. The third-order valence-electron chi connectivity index (χ3n) is 6.30. The zero-order valence-corrected chi connectivity index (χ0v) is 35.6. The van der Waals surface area contributed by atoms with Crippen LogP contribution in [0.3, 0.4) is 0 Å². The average Bonchev–Trinajstić information content (AvgIpc) is 3.73. The maximum absolute atomic E-state index is 13.2. The van der Waals surface area contributed by atoms with Crippen LogP contribution < -0.4 is 0 Å². The smallest absolute Gasteiger partial charge is 0.354 e. The van der Waals surface area contributed by atoms with Crippen LogP contribution in [0.2, 0.25) is 0 Å². The van der Waals surface area contributed by atoms with E-state index < -0.39 is 17.6 Å². The Morgan fingerprint density at radius 1 is 0.661 bits per heavy atom. The molecule has 3 radical (unpaired) electrons. The van der Waals surface area contributed by atoms with Gasteiger partial charge in [0, 0.05) is 101 Å². The number of hydrogen-bond donors (Lipinski definition) is 3. The molecule has 7 aromatic rings. The summed E-state index contributed by atoms with van der Waals surface area (Å²) in [5.41, 5.74) is 3.55. The van der Waals surface area contributed by atoms with E-state index in [0.717, 1.165) is 34.1 Å². The van der Waals surface area contributed by atoms with Gasteiger partial charge in [-0.3, -0.25) is 18.7 Å². The molecule has 299 valence electrons. The Bertz CT molecular complexity index is 1970. The molecule has 0 spiro atoms. The summed E-state index contributed by atoms with van der Waals surface area (Å²) in [6.07, 6.45) is 8.05. The minimum absolute atomic E-state index is 0. The van der Waals surface area contributed by atoms with Crippen molar-refractivity contribution in [3.8, 4) is 33.2 Å². The summed E-state index contributed by atoms with van der Waals surface area (Å²) in [6.45, 7) is 3.32. The van der Waals surface area contributed by atoms with Crippen molar-refractivity contribution in [2.45, 2.75) is 32.5 Å². The van der Waals surface area contributed by atoms with Gasteiger partial charge in [-0.2, -0.15) is 12.1 Å². The van der Waals surface area contributed by atoms with E-state index in [0.29, 0.717) is 12.1 Å². The number of carboxylic acid groups (broad SMARTS) is 1. The predicted octanol–water partition coefficient (Wildman–Crippen LogP) is 8.49. The van der Waals surface area contributed by atoms with Crippen LogP contribution in [-0.4, -0.2) is 58.4 Å². The average molecular weight is 1040 g/mol. The summed E-state index contributed by atoms with van der Waals surface area (Å²) in [5, 5.41) is 27.5. The van der Waals surface area contributed by atoms with E-state index in [1.807, 2.05) is 66.0 Å². The topological polar surface area (TPSA) is 142 Å². The standard InChI is InChI=1S/C11H6F2N.C10H8N2.C9H6NS.C6H5NO2.C5H12O2.3Rh/c12-8-4-5-9(10(13)7-8)11-3-1-2-6-14-11;1-3-7-11-9(5-1)10-6-2-4-8-12-10;1-2-6-10-8(4-1)9-5-3-7-11-9;8-6(9)5-3-1-2-4-7-5;1-4(6)3-5(2)7;;;/h1-4,6-7H;1-8H;1-4,6-7H;1-4H,(H,8,9);4-7H,3H2,1-2H3;;;/q-1;;-1;;;;;. The number of benzene rings is 1. The first-order chi connectivity index (χ1) is 25.6. The van der Waals surface area contributed by atoms with Crippen LogP contribution in [0.1, 0.15) is 30.8 Å². The number of hydrogen-bond acceptors (Lipinski definition) is 9. The van der Waals surface area contributed by atoms with Crippen LogP contribution in [0.4, 0.5) is 8.78 Å². The minimum Gasteiger partial charge on any atom is -0.477 e. The van der Waals surface area contributed by atoms with Gasteiger partial charge in [-0.1, -0.05) is 59.0 Å². The molecule has 6 aromatic heterocycles. The Balaban J connectivity index is 0.000000678. The van der Waals surface area contributed by atoms with E-state index in [9.17, 15) is 13.6 Å². The zero-order chi connectivity index (χ0) is 38.3. The van der Waals surface area contributed by atoms with Crippen molar-refractivity contribution in [1.82, 2.24) is 24.9 Å². The Kier molecular flexibility index (Phi) is 27.7. The van der Waals surface area contributed by atoms with Gasteiger partial charge in [0.15, 0.2) is 0 Å². The molecule has 0 aliphatic heterocycles. The van der Waals surface area contributed by atoms with E-state index in [-0.39, 0.29) is 81.9 Å². The van der Waals surface area contributed by atoms with Crippen LogP contribution in [0.15, 0.2) is 146 Å². The van der Waals surface area contributed by atoms with Crippen LogP contribution >= 0.6 is 11.3 Å². The van der Waals surface area contributed by atoms with Crippen molar-refractivity contribution in [3.63, 3.8) is 0 Å². The summed E-state index contributed by atoms with van der Waals surface area (Å²) in [4.78, 5) is 31.3. The molecule has 3 N–H and O–H groups in total. The number of aliphatic hydroxyl groups is 2. The van der Waals surface area contributed by atoms with Crippen molar-refractivity contribution in [3.05, 3.63) is 175 Å². The fraction of sp³-hybridized carbons (Fsp3) is 0.122. The zero-order valence-electron chi connectivity index (χ0n) is 29.9. The first-order valence-corrected chi connectivity index (χ1v) is 17.0. The molecular weight excluding hydrogens is 1010 g/mol. The number of nitrogens with zero attached hydrogens (tertiary/aromatic N) is 5. The van der Waals surface area contributed by atoms with Crippen molar-refractivity contribution in [1.29, 1.82) is 0 Å². The second-order valence-electron chi connectivity index (χ2n) is 10.7. The number of thiophene rings is 1.